The van der Waals surface area contributed by atoms with Gasteiger partial charge in [-0.05, 0) is 50.1 Å². The van der Waals surface area contributed by atoms with Crippen molar-refractivity contribution in [1.29, 1.82) is 0 Å². The average molecular weight is 435 g/mol. The van der Waals surface area contributed by atoms with Crippen LogP contribution in [-0.2, 0) is 6.42 Å². The smallest absolute Gasteiger partial charge is 0.139 e. The summed E-state index contributed by atoms with van der Waals surface area (Å²) >= 11 is 12.0. The van der Waals surface area contributed by atoms with Gasteiger partial charge in [0.05, 0.1) is 12.1 Å². The maximum atomic E-state index is 10.2. The Labute approximate surface area is 177 Å². The molecule has 0 aromatic heterocycles. The lowest BCUT2D eigenvalue weighted by Gasteiger charge is -2.28. The summed E-state index contributed by atoms with van der Waals surface area (Å²) in [5.74, 6) is 1.31. The van der Waals surface area contributed by atoms with E-state index in [1.54, 1.807) is 25.3 Å². The summed E-state index contributed by atoms with van der Waals surface area (Å²) in [5, 5.41) is 14.3. The van der Waals surface area contributed by atoms with Crippen molar-refractivity contribution >= 4 is 35.6 Å². The van der Waals surface area contributed by atoms with Crippen LogP contribution in [0, 0.1) is 0 Å². The number of methoxy groups -OCH3 is 1. The first kappa shape index (κ1) is 23.9. The van der Waals surface area contributed by atoms with Gasteiger partial charge in [-0.1, -0.05) is 41.4 Å². The van der Waals surface area contributed by atoms with Gasteiger partial charge in [0.1, 0.15) is 29.2 Å². The largest absolute Gasteiger partial charge is 0.497 e. The summed E-state index contributed by atoms with van der Waals surface area (Å²) in [6.45, 7) is 4.73. The molecule has 0 fully saturated rings. The Bertz CT molecular complexity index is 708. The van der Waals surface area contributed by atoms with Crippen molar-refractivity contribution in [1.82, 2.24) is 5.32 Å². The van der Waals surface area contributed by atoms with Crippen LogP contribution < -0.4 is 14.8 Å². The van der Waals surface area contributed by atoms with Crippen LogP contribution in [0.1, 0.15) is 19.4 Å². The molecular formula is C20H26Cl3NO3. The molecule has 2 aromatic carbocycles. The molecule has 1 atom stereocenters. The Balaban J connectivity index is 0.00000364. The molecule has 0 amide bonds. The summed E-state index contributed by atoms with van der Waals surface area (Å²) in [4.78, 5) is 0. The molecule has 0 spiro atoms. The van der Waals surface area contributed by atoms with Gasteiger partial charge in [0.25, 0.3) is 0 Å². The Morgan fingerprint density at radius 1 is 1.11 bits per heavy atom. The van der Waals surface area contributed by atoms with Crippen LogP contribution in [0.2, 0.25) is 10.0 Å². The highest BCUT2D eigenvalue weighted by atomic mass is 35.5. The van der Waals surface area contributed by atoms with E-state index in [0.29, 0.717) is 22.3 Å². The molecule has 0 aliphatic heterocycles. The van der Waals surface area contributed by atoms with E-state index in [1.165, 1.54) is 5.56 Å². The van der Waals surface area contributed by atoms with E-state index in [9.17, 15) is 5.11 Å². The highest BCUT2D eigenvalue weighted by molar-refractivity contribution is 6.42. The van der Waals surface area contributed by atoms with Gasteiger partial charge in [0.15, 0.2) is 0 Å². The van der Waals surface area contributed by atoms with Gasteiger partial charge in [-0.2, -0.15) is 0 Å². The fraction of sp³-hybridized carbons (Fsp3) is 0.400. The maximum absolute atomic E-state index is 10.2. The van der Waals surface area contributed by atoms with Crippen LogP contribution in [0.25, 0.3) is 0 Å². The first-order chi connectivity index (χ1) is 12.3. The lowest BCUT2D eigenvalue weighted by atomic mass is 9.94. The van der Waals surface area contributed by atoms with E-state index in [4.69, 9.17) is 32.7 Å². The van der Waals surface area contributed by atoms with Crippen LogP contribution in [0.3, 0.4) is 0 Å². The van der Waals surface area contributed by atoms with Crippen LogP contribution >= 0.6 is 35.6 Å². The molecule has 2 rings (SSSR count). The van der Waals surface area contributed by atoms with E-state index in [-0.39, 0.29) is 24.6 Å². The maximum Gasteiger partial charge on any atom is 0.139 e. The first-order valence-corrected chi connectivity index (χ1v) is 9.19. The van der Waals surface area contributed by atoms with Gasteiger partial charge in [-0.15, -0.1) is 12.4 Å². The zero-order valence-corrected chi connectivity index (χ0v) is 18.0. The van der Waals surface area contributed by atoms with Gasteiger partial charge in [0.2, 0.25) is 0 Å². The van der Waals surface area contributed by atoms with Gasteiger partial charge < -0.3 is 19.9 Å². The lowest BCUT2D eigenvalue weighted by molar-refractivity contribution is 0.0989. The number of rotatable bonds is 9. The number of aliphatic hydroxyl groups excluding tert-OH is 1. The number of hydrogen-bond donors (Lipinski definition) is 2. The Morgan fingerprint density at radius 2 is 1.78 bits per heavy atom. The lowest BCUT2D eigenvalue weighted by Crippen LogP contribution is -2.46. The number of halogens is 3. The second kappa shape index (κ2) is 11.0. The fourth-order valence-corrected chi connectivity index (χ4v) is 2.90. The molecule has 4 nitrogen and oxygen atoms in total. The minimum absolute atomic E-state index is 0. The van der Waals surface area contributed by atoms with Crippen LogP contribution in [0.4, 0.5) is 0 Å². The van der Waals surface area contributed by atoms with Gasteiger partial charge >= 0.3 is 0 Å². The normalized spacial score (nSPS) is 12.2. The van der Waals surface area contributed by atoms with Crippen molar-refractivity contribution < 1.29 is 14.6 Å². The summed E-state index contributed by atoms with van der Waals surface area (Å²) in [7, 11) is 1.65. The van der Waals surface area contributed by atoms with Crippen LogP contribution in [-0.4, -0.2) is 37.0 Å². The third kappa shape index (κ3) is 7.76. The van der Waals surface area contributed by atoms with Crippen molar-refractivity contribution in [3.8, 4) is 11.5 Å². The van der Waals surface area contributed by atoms with E-state index in [0.717, 1.165) is 12.2 Å². The third-order valence-electron chi connectivity index (χ3n) is 3.97. The zero-order chi connectivity index (χ0) is 19.2. The number of aliphatic hydroxyl groups is 1. The second-order valence-corrected chi connectivity index (χ2v) is 7.59. The van der Waals surface area contributed by atoms with Crippen molar-refractivity contribution in [3.05, 3.63) is 58.1 Å². The molecule has 2 aromatic rings. The van der Waals surface area contributed by atoms with Gasteiger partial charge in [-0.3, -0.25) is 0 Å². The molecule has 150 valence electrons. The average Bonchev–Trinajstić information content (AvgIpc) is 2.61. The Kier molecular flexibility index (Phi) is 9.71. The third-order valence-corrected chi connectivity index (χ3v) is 4.77. The standard InChI is InChI=1S/C20H25Cl2NO3.ClH/c1-20(2,11-14-7-9-16(25-3)10-8-14)23-12-15(24)13-26-18-6-4-5-17(21)19(18)22;/h4-10,15,23-24H,11-13H2,1-3H3;1H/t15-;/m1./s1. The molecule has 0 saturated carbocycles. The fourth-order valence-electron chi connectivity index (χ4n) is 2.55. The first-order valence-electron chi connectivity index (χ1n) is 8.43. The molecule has 2 N–H and O–H groups in total. The number of nitrogens with one attached hydrogen (secondary N) is 1. The van der Waals surface area contributed by atoms with Crippen LogP contribution in [0.15, 0.2) is 42.5 Å². The highest BCUT2D eigenvalue weighted by Crippen LogP contribution is 2.31. The predicted molar refractivity (Wildman–Crippen MR) is 114 cm³/mol. The number of hydrogen-bond acceptors (Lipinski definition) is 4. The Morgan fingerprint density at radius 3 is 2.41 bits per heavy atom. The van der Waals surface area contributed by atoms with Gasteiger partial charge in [-0.25, -0.2) is 0 Å². The minimum atomic E-state index is -0.666. The molecule has 0 radical (unpaired) electrons. The monoisotopic (exact) mass is 433 g/mol. The summed E-state index contributed by atoms with van der Waals surface area (Å²) in [6.07, 6.45) is 0.158. The summed E-state index contributed by atoms with van der Waals surface area (Å²) < 4.78 is 10.7. The van der Waals surface area contributed by atoms with E-state index in [2.05, 4.69) is 19.2 Å². The van der Waals surface area contributed by atoms with Crippen molar-refractivity contribution in [2.24, 2.45) is 0 Å². The van der Waals surface area contributed by atoms with E-state index in [1.807, 2.05) is 24.3 Å². The zero-order valence-electron chi connectivity index (χ0n) is 15.7. The van der Waals surface area contributed by atoms with Crippen molar-refractivity contribution in [3.63, 3.8) is 0 Å². The number of benzene rings is 2. The number of β-amino-alcohol motifs (C(OH)–C–C–N with tert-alkyl or cyclic N) is 1. The van der Waals surface area contributed by atoms with Gasteiger partial charge in [0, 0.05) is 12.1 Å². The molecule has 0 bridgehead atoms. The minimum Gasteiger partial charge on any atom is -0.497 e. The molecule has 27 heavy (non-hydrogen) atoms. The summed E-state index contributed by atoms with van der Waals surface area (Å²) in [5.41, 5.74) is 1.02. The van der Waals surface area contributed by atoms with E-state index >= 15 is 0 Å². The van der Waals surface area contributed by atoms with E-state index < -0.39 is 6.10 Å². The second-order valence-electron chi connectivity index (χ2n) is 6.81. The van der Waals surface area contributed by atoms with Crippen molar-refractivity contribution in [2.45, 2.75) is 31.9 Å². The topological polar surface area (TPSA) is 50.7 Å². The van der Waals surface area contributed by atoms with Crippen LogP contribution in [0.5, 0.6) is 11.5 Å². The molecule has 0 saturated heterocycles. The molecule has 0 aliphatic rings. The summed E-state index contributed by atoms with van der Waals surface area (Å²) in [6, 6.07) is 13.2. The Hall–Kier alpha value is -1.17. The molecule has 0 heterocycles. The highest BCUT2D eigenvalue weighted by Gasteiger charge is 2.20. The molecule has 0 aliphatic carbocycles. The quantitative estimate of drug-likeness (QED) is 0.596. The van der Waals surface area contributed by atoms with Crippen molar-refractivity contribution in [2.75, 3.05) is 20.3 Å². The number of ether oxygens (including phenoxy) is 2. The SMILES string of the molecule is COc1ccc(CC(C)(C)NC[C@@H](O)COc2cccc(Cl)c2Cl)cc1.Cl. The molecule has 0 unspecified atom stereocenters. The molecular weight excluding hydrogens is 409 g/mol. The predicted octanol–water partition coefficient (Wildman–Crippen LogP) is 4.77. The molecule has 7 heteroatoms.